The summed E-state index contributed by atoms with van der Waals surface area (Å²) in [5.74, 6) is 1.60. The van der Waals surface area contributed by atoms with Gasteiger partial charge in [0.2, 0.25) is 0 Å². The fourth-order valence-electron chi connectivity index (χ4n) is 1.90. The van der Waals surface area contributed by atoms with E-state index in [4.69, 9.17) is 14.6 Å². The van der Waals surface area contributed by atoms with E-state index in [2.05, 4.69) is 19.2 Å². The molecular formula is C13H19NO3. The summed E-state index contributed by atoms with van der Waals surface area (Å²) in [4.78, 5) is 0. The number of aliphatic hydroxyl groups is 1. The zero-order valence-electron chi connectivity index (χ0n) is 10.3. The first kappa shape index (κ1) is 12.2. The van der Waals surface area contributed by atoms with Crippen LogP contribution < -0.4 is 14.8 Å². The van der Waals surface area contributed by atoms with Crippen molar-refractivity contribution in [2.45, 2.75) is 19.4 Å². The number of aliphatic hydroxyl groups excluding tert-OH is 1. The van der Waals surface area contributed by atoms with E-state index in [1.54, 1.807) is 0 Å². The molecule has 2 rings (SSSR count). The Hall–Kier alpha value is -1.26. The standard InChI is InChI=1S/C13H19NO3/c1-13(2,14-5-6-15)10-3-4-11-12(9-10)17-8-7-16-11/h3-4,9,14-15H,5-8H2,1-2H3. The lowest BCUT2D eigenvalue weighted by Crippen LogP contribution is -2.38. The molecule has 0 unspecified atom stereocenters. The van der Waals surface area contributed by atoms with Crippen molar-refractivity contribution in [2.75, 3.05) is 26.4 Å². The molecule has 1 heterocycles. The van der Waals surface area contributed by atoms with Crippen molar-refractivity contribution in [1.82, 2.24) is 5.32 Å². The Labute approximate surface area is 102 Å². The zero-order chi connectivity index (χ0) is 12.3. The first-order valence-electron chi connectivity index (χ1n) is 5.89. The zero-order valence-corrected chi connectivity index (χ0v) is 10.3. The Morgan fingerprint density at radius 1 is 1.24 bits per heavy atom. The Morgan fingerprint density at radius 3 is 2.65 bits per heavy atom. The van der Waals surface area contributed by atoms with Crippen LogP contribution in [0.2, 0.25) is 0 Å². The number of hydrogen-bond donors (Lipinski definition) is 2. The molecule has 0 saturated heterocycles. The number of ether oxygens (including phenoxy) is 2. The lowest BCUT2D eigenvalue weighted by Gasteiger charge is -2.28. The maximum Gasteiger partial charge on any atom is 0.161 e. The van der Waals surface area contributed by atoms with Gasteiger partial charge in [-0.2, -0.15) is 0 Å². The van der Waals surface area contributed by atoms with Crippen molar-refractivity contribution in [3.8, 4) is 11.5 Å². The van der Waals surface area contributed by atoms with E-state index in [1.165, 1.54) is 0 Å². The second-order valence-electron chi connectivity index (χ2n) is 4.63. The van der Waals surface area contributed by atoms with Crippen molar-refractivity contribution >= 4 is 0 Å². The predicted octanol–water partition coefficient (Wildman–Crippen LogP) is 1.27. The van der Waals surface area contributed by atoms with Crippen LogP contribution in [-0.4, -0.2) is 31.5 Å². The maximum atomic E-state index is 8.86. The van der Waals surface area contributed by atoms with Crippen LogP contribution >= 0.6 is 0 Å². The van der Waals surface area contributed by atoms with Crippen molar-refractivity contribution < 1.29 is 14.6 Å². The summed E-state index contributed by atoms with van der Waals surface area (Å²) in [5, 5.41) is 12.1. The summed E-state index contributed by atoms with van der Waals surface area (Å²) in [5.41, 5.74) is 0.925. The number of rotatable bonds is 4. The van der Waals surface area contributed by atoms with E-state index in [1.807, 2.05) is 18.2 Å². The molecule has 0 amide bonds. The van der Waals surface area contributed by atoms with Gasteiger partial charge in [0.15, 0.2) is 11.5 Å². The monoisotopic (exact) mass is 237 g/mol. The van der Waals surface area contributed by atoms with Gasteiger partial charge in [-0.1, -0.05) is 6.07 Å². The van der Waals surface area contributed by atoms with Crippen LogP contribution in [0.1, 0.15) is 19.4 Å². The summed E-state index contributed by atoms with van der Waals surface area (Å²) in [6.45, 7) is 6.07. The SMILES string of the molecule is CC(C)(NCCO)c1ccc2c(c1)OCCO2. The predicted molar refractivity (Wildman–Crippen MR) is 65.5 cm³/mol. The van der Waals surface area contributed by atoms with Crippen LogP contribution in [0.5, 0.6) is 11.5 Å². The van der Waals surface area contributed by atoms with Gasteiger partial charge in [-0.15, -0.1) is 0 Å². The number of hydrogen-bond acceptors (Lipinski definition) is 4. The van der Waals surface area contributed by atoms with Crippen LogP contribution in [0.15, 0.2) is 18.2 Å². The third-order valence-corrected chi connectivity index (χ3v) is 2.94. The minimum absolute atomic E-state index is 0.133. The Morgan fingerprint density at radius 2 is 1.94 bits per heavy atom. The van der Waals surface area contributed by atoms with Crippen molar-refractivity contribution in [3.05, 3.63) is 23.8 Å². The molecule has 1 aliphatic rings. The molecular weight excluding hydrogens is 218 g/mol. The summed E-state index contributed by atoms with van der Waals surface area (Å²) in [7, 11) is 0. The molecule has 17 heavy (non-hydrogen) atoms. The molecule has 1 aromatic rings. The van der Waals surface area contributed by atoms with E-state index >= 15 is 0 Å². The van der Waals surface area contributed by atoms with Gasteiger partial charge in [0.05, 0.1) is 6.61 Å². The van der Waals surface area contributed by atoms with Gasteiger partial charge >= 0.3 is 0 Å². The highest BCUT2D eigenvalue weighted by Crippen LogP contribution is 2.34. The first-order chi connectivity index (χ1) is 8.13. The quantitative estimate of drug-likeness (QED) is 0.828. The summed E-state index contributed by atoms with van der Waals surface area (Å²) in [6.07, 6.45) is 0. The Balaban J connectivity index is 2.20. The fraction of sp³-hybridized carbons (Fsp3) is 0.538. The molecule has 1 aromatic carbocycles. The summed E-state index contributed by atoms with van der Waals surface area (Å²) >= 11 is 0. The molecule has 0 aromatic heterocycles. The number of fused-ring (bicyclic) bond motifs is 1. The largest absolute Gasteiger partial charge is 0.486 e. The van der Waals surface area contributed by atoms with Crippen LogP contribution in [0, 0.1) is 0 Å². The molecule has 1 aliphatic heterocycles. The van der Waals surface area contributed by atoms with Gasteiger partial charge in [0.1, 0.15) is 13.2 Å². The van der Waals surface area contributed by atoms with Gasteiger partial charge in [-0.3, -0.25) is 0 Å². The summed E-state index contributed by atoms with van der Waals surface area (Å²) < 4.78 is 11.0. The van der Waals surface area contributed by atoms with E-state index in [9.17, 15) is 0 Å². The molecule has 0 fully saturated rings. The van der Waals surface area contributed by atoms with Crippen molar-refractivity contribution in [3.63, 3.8) is 0 Å². The second kappa shape index (κ2) is 4.94. The third-order valence-electron chi connectivity index (χ3n) is 2.94. The minimum Gasteiger partial charge on any atom is -0.486 e. The average molecular weight is 237 g/mol. The molecule has 4 nitrogen and oxygen atoms in total. The van der Waals surface area contributed by atoms with Gasteiger partial charge < -0.3 is 19.9 Å². The lowest BCUT2D eigenvalue weighted by atomic mass is 9.94. The summed E-state index contributed by atoms with van der Waals surface area (Å²) in [6, 6.07) is 5.96. The van der Waals surface area contributed by atoms with E-state index in [0.29, 0.717) is 19.8 Å². The Kier molecular flexibility index (Phi) is 3.54. The molecule has 4 heteroatoms. The van der Waals surface area contributed by atoms with E-state index in [-0.39, 0.29) is 12.1 Å². The molecule has 0 spiro atoms. The minimum atomic E-state index is -0.196. The van der Waals surface area contributed by atoms with Crippen molar-refractivity contribution in [1.29, 1.82) is 0 Å². The molecule has 0 saturated carbocycles. The Bertz CT molecular complexity index is 390. The molecule has 0 aliphatic carbocycles. The highest BCUT2D eigenvalue weighted by Gasteiger charge is 2.22. The second-order valence-corrected chi connectivity index (χ2v) is 4.63. The van der Waals surface area contributed by atoms with Gasteiger partial charge in [-0.25, -0.2) is 0 Å². The fourth-order valence-corrected chi connectivity index (χ4v) is 1.90. The molecule has 0 bridgehead atoms. The third kappa shape index (κ3) is 2.70. The molecule has 0 atom stereocenters. The van der Waals surface area contributed by atoms with Gasteiger partial charge in [0.25, 0.3) is 0 Å². The van der Waals surface area contributed by atoms with Gasteiger partial charge in [0, 0.05) is 12.1 Å². The molecule has 94 valence electrons. The van der Waals surface area contributed by atoms with Crippen LogP contribution in [-0.2, 0) is 5.54 Å². The lowest BCUT2D eigenvalue weighted by molar-refractivity contribution is 0.171. The van der Waals surface area contributed by atoms with E-state index in [0.717, 1.165) is 17.1 Å². The number of nitrogens with one attached hydrogen (secondary N) is 1. The van der Waals surface area contributed by atoms with Gasteiger partial charge in [-0.05, 0) is 31.5 Å². The topological polar surface area (TPSA) is 50.7 Å². The highest BCUT2D eigenvalue weighted by molar-refractivity contribution is 5.45. The molecule has 0 radical (unpaired) electrons. The molecule has 2 N–H and O–H groups in total. The first-order valence-corrected chi connectivity index (χ1v) is 5.89. The van der Waals surface area contributed by atoms with Crippen LogP contribution in [0.25, 0.3) is 0 Å². The highest BCUT2D eigenvalue weighted by atomic mass is 16.6. The average Bonchev–Trinajstić information content (AvgIpc) is 2.36. The maximum absolute atomic E-state index is 8.86. The van der Waals surface area contributed by atoms with Crippen molar-refractivity contribution in [2.24, 2.45) is 0 Å². The normalized spacial score (nSPS) is 14.8. The number of benzene rings is 1. The van der Waals surface area contributed by atoms with Crippen LogP contribution in [0.4, 0.5) is 0 Å². The van der Waals surface area contributed by atoms with Crippen LogP contribution in [0.3, 0.4) is 0 Å². The van der Waals surface area contributed by atoms with E-state index < -0.39 is 0 Å². The smallest absolute Gasteiger partial charge is 0.161 e.